The summed E-state index contributed by atoms with van der Waals surface area (Å²) in [6.45, 7) is 0. The molecule has 0 saturated heterocycles. The summed E-state index contributed by atoms with van der Waals surface area (Å²) in [5.74, 6) is -0.255. The van der Waals surface area contributed by atoms with Crippen molar-refractivity contribution in [3.8, 4) is 33.5 Å². The molecular formula is C18H9F3N4OS. The van der Waals surface area contributed by atoms with Gasteiger partial charge in [-0.15, -0.1) is 29.6 Å². The number of hydrogen-bond acceptors (Lipinski definition) is 5. The molecule has 2 aromatic heterocycles. The number of ether oxygens (including phenoxy) is 1. The molecule has 134 valence electrons. The molecule has 2 aromatic carbocycles. The van der Waals surface area contributed by atoms with Gasteiger partial charge in [0.05, 0.1) is 0 Å². The third-order valence-corrected chi connectivity index (χ3v) is 4.97. The zero-order chi connectivity index (χ0) is 19.0. The Morgan fingerprint density at radius 1 is 1.07 bits per heavy atom. The van der Waals surface area contributed by atoms with E-state index in [1.54, 1.807) is 12.1 Å². The Kier molecular flexibility index (Phi) is 4.05. The van der Waals surface area contributed by atoms with Crippen LogP contribution in [0.15, 0.2) is 48.5 Å². The average Bonchev–Trinajstić information content (AvgIpc) is 3.26. The first kappa shape index (κ1) is 17.1. The van der Waals surface area contributed by atoms with E-state index in [0.717, 1.165) is 20.7 Å². The topological polar surface area (TPSA) is 74.6 Å². The number of alkyl halides is 3. The lowest BCUT2D eigenvalue weighted by atomic mass is 10.1. The van der Waals surface area contributed by atoms with E-state index < -0.39 is 6.36 Å². The Morgan fingerprint density at radius 3 is 2.67 bits per heavy atom. The Bertz CT molecular complexity index is 1170. The molecule has 2 heterocycles. The van der Waals surface area contributed by atoms with Crippen molar-refractivity contribution in [1.82, 2.24) is 15.4 Å². The van der Waals surface area contributed by atoms with Crippen molar-refractivity contribution in [2.75, 3.05) is 0 Å². The number of halogens is 3. The van der Waals surface area contributed by atoms with Gasteiger partial charge in [-0.2, -0.15) is 5.26 Å². The summed E-state index contributed by atoms with van der Waals surface area (Å²) < 4.78 is 42.0. The molecule has 0 fully saturated rings. The van der Waals surface area contributed by atoms with E-state index >= 15 is 0 Å². The van der Waals surface area contributed by atoms with Gasteiger partial charge in [-0.25, -0.2) is 5.10 Å². The minimum absolute atomic E-state index is 0.255. The summed E-state index contributed by atoms with van der Waals surface area (Å²) in [5, 5.41) is 19.9. The molecule has 4 aromatic rings. The number of nitriles is 1. The standard InChI is InChI=1S/C18H9F3N4OS/c19-18(20,21)26-13-4-5-15-12(7-13)8-16(27-15)10-2-1-3-11(6-10)17-14(9-22)23-25-24-17/h1-8H,(H,23,24,25). The Labute approximate surface area is 154 Å². The first-order valence-electron chi connectivity index (χ1n) is 7.64. The summed E-state index contributed by atoms with van der Waals surface area (Å²) >= 11 is 1.45. The molecule has 9 heteroatoms. The predicted octanol–water partition coefficient (Wildman–Crippen LogP) is 5.12. The van der Waals surface area contributed by atoms with Crippen LogP contribution in [0.3, 0.4) is 0 Å². The molecule has 1 N–H and O–H groups in total. The number of fused-ring (bicyclic) bond motifs is 1. The highest BCUT2D eigenvalue weighted by Crippen LogP contribution is 2.37. The van der Waals surface area contributed by atoms with Gasteiger partial charge in [0.2, 0.25) is 0 Å². The lowest BCUT2D eigenvalue weighted by Crippen LogP contribution is -2.16. The number of thiophene rings is 1. The average molecular weight is 386 g/mol. The van der Waals surface area contributed by atoms with Crippen LogP contribution in [-0.2, 0) is 0 Å². The van der Waals surface area contributed by atoms with Gasteiger partial charge in [0, 0.05) is 15.1 Å². The second kappa shape index (κ2) is 6.41. The first-order chi connectivity index (χ1) is 12.9. The lowest BCUT2D eigenvalue weighted by Gasteiger charge is -2.08. The van der Waals surface area contributed by atoms with Crippen LogP contribution in [0.4, 0.5) is 13.2 Å². The largest absolute Gasteiger partial charge is 0.573 e. The molecule has 0 radical (unpaired) electrons. The molecule has 0 spiro atoms. The maximum atomic E-state index is 12.4. The van der Waals surface area contributed by atoms with Crippen LogP contribution in [0, 0.1) is 11.3 Å². The van der Waals surface area contributed by atoms with Crippen LogP contribution >= 0.6 is 11.3 Å². The minimum atomic E-state index is -4.73. The van der Waals surface area contributed by atoms with Crippen LogP contribution in [0.2, 0.25) is 0 Å². The number of rotatable bonds is 3. The Hall–Kier alpha value is -3.38. The third kappa shape index (κ3) is 3.47. The highest BCUT2D eigenvalue weighted by molar-refractivity contribution is 7.22. The van der Waals surface area contributed by atoms with E-state index in [0.29, 0.717) is 11.1 Å². The monoisotopic (exact) mass is 386 g/mol. The van der Waals surface area contributed by atoms with Crippen molar-refractivity contribution >= 4 is 21.4 Å². The van der Waals surface area contributed by atoms with Crippen molar-refractivity contribution in [2.24, 2.45) is 0 Å². The van der Waals surface area contributed by atoms with Crippen LogP contribution < -0.4 is 4.74 Å². The van der Waals surface area contributed by atoms with Crippen LogP contribution in [0.1, 0.15) is 5.69 Å². The summed E-state index contributed by atoms with van der Waals surface area (Å²) in [7, 11) is 0. The predicted molar refractivity (Wildman–Crippen MR) is 94.0 cm³/mol. The van der Waals surface area contributed by atoms with Gasteiger partial charge in [0.1, 0.15) is 17.5 Å². The van der Waals surface area contributed by atoms with Gasteiger partial charge in [-0.1, -0.05) is 23.4 Å². The molecule has 0 aliphatic carbocycles. The fraction of sp³-hybridized carbons (Fsp3) is 0.0556. The molecule has 0 aliphatic heterocycles. The van der Waals surface area contributed by atoms with E-state index in [9.17, 15) is 13.2 Å². The van der Waals surface area contributed by atoms with Gasteiger partial charge in [-0.3, -0.25) is 0 Å². The van der Waals surface area contributed by atoms with Gasteiger partial charge < -0.3 is 4.74 Å². The lowest BCUT2D eigenvalue weighted by molar-refractivity contribution is -0.274. The van der Waals surface area contributed by atoms with Gasteiger partial charge >= 0.3 is 6.36 Å². The fourth-order valence-corrected chi connectivity index (χ4v) is 3.73. The van der Waals surface area contributed by atoms with Gasteiger partial charge in [-0.05, 0) is 41.3 Å². The summed E-state index contributed by atoms with van der Waals surface area (Å²) in [6.07, 6.45) is -4.73. The minimum Gasteiger partial charge on any atom is -0.406 e. The molecule has 4 rings (SSSR count). The quantitative estimate of drug-likeness (QED) is 0.530. The van der Waals surface area contributed by atoms with Crippen LogP contribution in [0.25, 0.3) is 31.8 Å². The molecule has 5 nitrogen and oxygen atoms in total. The number of benzene rings is 2. The van der Waals surface area contributed by atoms with E-state index in [-0.39, 0.29) is 11.4 Å². The highest BCUT2D eigenvalue weighted by Gasteiger charge is 2.31. The number of nitrogens with zero attached hydrogens (tertiary/aromatic N) is 3. The second-order valence-corrected chi connectivity index (χ2v) is 6.67. The van der Waals surface area contributed by atoms with Gasteiger partial charge in [0.15, 0.2) is 5.69 Å². The second-order valence-electron chi connectivity index (χ2n) is 5.59. The molecule has 0 saturated carbocycles. The fourth-order valence-electron chi connectivity index (χ4n) is 2.69. The molecule has 0 unspecified atom stereocenters. The SMILES string of the molecule is N#Cc1[nH]nnc1-c1cccc(-c2cc3cc(OC(F)(F)F)ccc3s2)c1. The summed E-state index contributed by atoms with van der Waals surface area (Å²) in [5.41, 5.74) is 2.29. The highest BCUT2D eigenvalue weighted by atomic mass is 32.1. The summed E-state index contributed by atoms with van der Waals surface area (Å²) in [4.78, 5) is 0.873. The Balaban J connectivity index is 1.72. The van der Waals surface area contributed by atoms with E-state index in [1.807, 2.05) is 30.3 Å². The van der Waals surface area contributed by atoms with Crippen molar-refractivity contribution in [3.63, 3.8) is 0 Å². The van der Waals surface area contributed by atoms with E-state index in [2.05, 4.69) is 20.1 Å². The third-order valence-electron chi connectivity index (χ3n) is 3.80. The van der Waals surface area contributed by atoms with Crippen molar-refractivity contribution in [1.29, 1.82) is 5.26 Å². The van der Waals surface area contributed by atoms with Crippen LogP contribution in [0.5, 0.6) is 5.75 Å². The molecule has 27 heavy (non-hydrogen) atoms. The zero-order valence-corrected chi connectivity index (χ0v) is 14.2. The molecule has 0 amide bonds. The zero-order valence-electron chi connectivity index (χ0n) is 13.4. The maximum absolute atomic E-state index is 12.4. The first-order valence-corrected chi connectivity index (χ1v) is 8.46. The number of aromatic amines is 1. The van der Waals surface area contributed by atoms with Gasteiger partial charge in [0.25, 0.3) is 0 Å². The smallest absolute Gasteiger partial charge is 0.406 e. The molecule has 0 bridgehead atoms. The Morgan fingerprint density at radius 2 is 1.89 bits per heavy atom. The maximum Gasteiger partial charge on any atom is 0.573 e. The van der Waals surface area contributed by atoms with Crippen molar-refractivity contribution in [2.45, 2.75) is 6.36 Å². The van der Waals surface area contributed by atoms with Crippen LogP contribution in [-0.4, -0.2) is 21.8 Å². The molecule has 0 aliphatic rings. The number of nitrogens with one attached hydrogen (secondary N) is 1. The van der Waals surface area contributed by atoms with Crippen molar-refractivity contribution in [3.05, 3.63) is 54.2 Å². The number of aromatic nitrogens is 3. The number of hydrogen-bond donors (Lipinski definition) is 1. The molecule has 0 atom stereocenters. The molecular weight excluding hydrogens is 377 g/mol. The summed E-state index contributed by atoms with van der Waals surface area (Å²) in [6, 6.07) is 15.4. The van der Waals surface area contributed by atoms with E-state index in [1.165, 1.54) is 23.5 Å². The number of H-pyrrole nitrogens is 1. The van der Waals surface area contributed by atoms with E-state index in [4.69, 9.17) is 5.26 Å². The normalized spacial score (nSPS) is 11.5. The van der Waals surface area contributed by atoms with Crippen molar-refractivity contribution < 1.29 is 17.9 Å².